The molecular weight excluding hydrogens is 316 g/mol. The molecule has 0 radical (unpaired) electrons. The Bertz CT molecular complexity index is 547. The molecule has 1 atom stereocenters. The predicted octanol–water partition coefficient (Wildman–Crippen LogP) is 1.71. The second-order valence-corrected chi connectivity index (χ2v) is 6.24. The van der Waals surface area contributed by atoms with Crippen LogP contribution in [0.4, 0.5) is 5.69 Å². The first-order valence-electron chi connectivity index (χ1n) is 7.96. The number of piperazine rings is 1. The fraction of sp³-hybridized carbons (Fsp3) is 0.562. The van der Waals surface area contributed by atoms with Gasteiger partial charge in [-0.05, 0) is 31.0 Å². The van der Waals surface area contributed by atoms with Crippen LogP contribution in [0, 0.1) is 0 Å². The Labute approximate surface area is 142 Å². The minimum absolute atomic E-state index is 0.0458. The van der Waals surface area contributed by atoms with E-state index in [0.29, 0.717) is 13.2 Å². The maximum absolute atomic E-state index is 6.02. The van der Waals surface area contributed by atoms with E-state index in [0.717, 1.165) is 49.7 Å². The number of benzene rings is 1. The molecule has 0 bridgehead atoms. The largest absolute Gasteiger partial charge is 0.487 e. The number of para-hydroxylation sites is 2. The van der Waals surface area contributed by atoms with E-state index in [-0.39, 0.29) is 6.10 Å². The minimum Gasteiger partial charge on any atom is -0.487 e. The lowest BCUT2D eigenvalue weighted by molar-refractivity contribution is 0.0472. The topological polar surface area (TPSA) is 49.3 Å². The van der Waals surface area contributed by atoms with Gasteiger partial charge in [0.25, 0.3) is 0 Å². The molecule has 0 aromatic heterocycles. The smallest absolute Gasteiger partial charge is 0.166 e. The van der Waals surface area contributed by atoms with Crippen molar-refractivity contribution in [2.24, 2.45) is 5.16 Å². The molecule has 1 fully saturated rings. The molecule has 0 aliphatic carbocycles. The van der Waals surface area contributed by atoms with Crippen molar-refractivity contribution in [3.05, 3.63) is 24.3 Å². The lowest BCUT2D eigenvalue weighted by atomic mass is 10.2. The average Bonchev–Trinajstić information content (AvgIpc) is 3.02. The van der Waals surface area contributed by atoms with Gasteiger partial charge in [-0.25, -0.2) is 4.84 Å². The first-order valence-corrected chi connectivity index (χ1v) is 8.34. The van der Waals surface area contributed by atoms with Gasteiger partial charge in [0.05, 0.1) is 17.9 Å². The number of oxime groups is 1. The first-order chi connectivity index (χ1) is 11.3. The third kappa shape index (κ3) is 4.28. The van der Waals surface area contributed by atoms with Gasteiger partial charge >= 0.3 is 0 Å². The zero-order valence-electron chi connectivity index (χ0n) is 13.4. The maximum Gasteiger partial charge on any atom is 0.166 e. The number of hydrogen-bond donors (Lipinski definition) is 1. The molecule has 7 heteroatoms. The second-order valence-electron chi connectivity index (χ2n) is 5.97. The first kappa shape index (κ1) is 16.4. The van der Waals surface area contributed by atoms with E-state index in [1.54, 1.807) is 0 Å². The van der Waals surface area contributed by atoms with Crippen molar-refractivity contribution in [2.75, 3.05) is 51.3 Å². The van der Waals surface area contributed by atoms with Gasteiger partial charge < -0.3 is 19.4 Å². The van der Waals surface area contributed by atoms with Crippen LogP contribution in [-0.4, -0.2) is 63.1 Å². The Kier molecular flexibility index (Phi) is 5.59. The summed E-state index contributed by atoms with van der Waals surface area (Å²) in [5.41, 5.74) is 2.07. The van der Waals surface area contributed by atoms with Crippen LogP contribution in [0.25, 0.3) is 0 Å². The number of halogens is 1. The van der Waals surface area contributed by atoms with Gasteiger partial charge in [-0.3, -0.25) is 0 Å². The van der Waals surface area contributed by atoms with Gasteiger partial charge in [0.2, 0.25) is 0 Å². The van der Waals surface area contributed by atoms with E-state index in [4.69, 9.17) is 21.4 Å². The van der Waals surface area contributed by atoms with Crippen molar-refractivity contribution in [3.8, 4) is 5.75 Å². The van der Waals surface area contributed by atoms with E-state index in [9.17, 15) is 0 Å². The van der Waals surface area contributed by atoms with Crippen LogP contribution in [0.5, 0.6) is 5.75 Å². The molecule has 2 heterocycles. The normalized spacial score (nSPS) is 21.9. The number of likely N-dealkylation sites (N-methyl/N-ethyl adjacent to an activating group) is 1. The fourth-order valence-electron chi connectivity index (χ4n) is 2.83. The Morgan fingerprint density at radius 2 is 2.09 bits per heavy atom. The lowest BCUT2D eigenvalue weighted by Gasteiger charge is -2.34. The van der Waals surface area contributed by atoms with Gasteiger partial charge in [-0.15, -0.1) is 0 Å². The zero-order chi connectivity index (χ0) is 16.1. The number of anilines is 1. The van der Waals surface area contributed by atoms with Gasteiger partial charge in [0.15, 0.2) is 6.10 Å². The molecule has 1 aromatic rings. The fourth-order valence-corrected chi connectivity index (χ4v) is 2.98. The Morgan fingerprint density at radius 1 is 1.30 bits per heavy atom. The van der Waals surface area contributed by atoms with Crippen molar-refractivity contribution in [3.63, 3.8) is 0 Å². The number of rotatable bonds is 6. The van der Waals surface area contributed by atoms with Crippen LogP contribution in [0.15, 0.2) is 29.4 Å². The summed E-state index contributed by atoms with van der Waals surface area (Å²) in [6, 6.07) is 8.20. The third-order valence-corrected chi connectivity index (χ3v) is 4.33. The van der Waals surface area contributed by atoms with Crippen LogP contribution in [0.2, 0.25) is 0 Å². The molecule has 0 amide bonds. The molecule has 126 valence electrons. The standard InChI is InChI=1S/C16H23ClN4O2/c1-20-6-8-21(9-7-20)15-4-2-3-5-16(15)22-12-14-10-13(11-18-17)19-23-14/h2-5,14,18H,6-12H2,1H3. The number of hydrogen-bond acceptors (Lipinski definition) is 6. The minimum atomic E-state index is -0.0458. The molecule has 0 saturated carbocycles. The van der Waals surface area contributed by atoms with E-state index >= 15 is 0 Å². The van der Waals surface area contributed by atoms with E-state index in [1.165, 1.54) is 0 Å². The number of nitrogens with one attached hydrogen (secondary N) is 1. The molecule has 1 aromatic carbocycles. The molecule has 2 aliphatic heterocycles. The summed E-state index contributed by atoms with van der Waals surface area (Å²) in [7, 11) is 2.16. The SMILES string of the molecule is CN1CCN(c2ccccc2OCC2CC(CNCl)=NO2)CC1. The predicted molar refractivity (Wildman–Crippen MR) is 92.4 cm³/mol. The Morgan fingerprint density at radius 3 is 2.87 bits per heavy atom. The highest BCUT2D eigenvalue weighted by Gasteiger charge is 2.23. The van der Waals surface area contributed by atoms with Crippen LogP contribution in [0.3, 0.4) is 0 Å². The summed E-state index contributed by atoms with van der Waals surface area (Å²) in [6.45, 7) is 5.21. The molecule has 1 unspecified atom stereocenters. The van der Waals surface area contributed by atoms with E-state index in [2.05, 4.69) is 39.0 Å². The van der Waals surface area contributed by atoms with Gasteiger partial charge in [0, 0.05) is 32.6 Å². The summed E-state index contributed by atoms with van der Waals surface area (Å²) in [5, 5.41) is 4.01. The monoisotopic (exact) mass is 338 g/mol. The lowest BCUT2D eigenvalue weighted by Crippen LogP contribution is -2.44. The van der Waals surface area contributed by atoms with Crippen molar-refractivity contribution in [1.82, 2.24) is 9.74 Å². The summed E-state index contributed by atoms with van der Waals surface area (Å²) in [5.74, 6) is 0.907. The summed E-state index contributed by atoms with van der Waals surface area (Å²) in [4.78, 5) is 12.7. The van der Waals surface area contributed by atoms with Gasteiger partial charge in [-0.1, -0.05) is 17.3 Å². The van der Waals surface area contributed by atoms with Crippen LogP contribution < -0.4 is 14.5 Å². The third-order valence-electron chi connectivity index (χ3n) is 4.20. The molecule has 23 heavy (non-hydrogen) atoms. The van der Waals surface area contributed by atoms with Crippen molar-refractivity contribution in [2.45, 2.75) is 12.5 Å². The van der Waals surface area contributed by atoms with Crippen LogP contribution >= 0.6 is 11.8 Å². The molecule has 0 spiro atoms. The highest BCUT2D eigenvalue weighted by atomic mass is 35.5. The summed E-state index contributed by atoms with van der Waals surface area (Å²) in [6.07, 6.45) is 0.701. The molecule has 1 N–H and O–H groups in total. The summed E-state index contributed by atoms with van der Waals surface area (Å²) < 4.78 is 6.02. The molecule has 2 aliphatic rings. The maximum atomic E-state index is 6.02. The van der Waals surface area contributed by atoms with Crippen molar-refractivity contribution >= 4 is 23.2 Å². The van der Waals surface area contributed by atoms with Crippen LogP contribution in [-0.2, 0) is 4.84 Å². The van der Waals surface area contributed by atoms with E-state index < -0.39 is 0 Å². The highest BCUT2D eigenvalue weighted by molar-refractivity contribution is 6.14. The molecule has 3 rings (SSSR count). The van der Waals surface area contributed by atoms with Crippen LogP contribution in [0.1, 0.15) is 6.42 Å². The number of nitrogens with zero attached hydrogens (tertiary/aromatic N) is 3. The quantitative estimate of drug-likeness (QED) is 0.800. The zero-order valence-corrected chi connectivity index (χ0v) is 14.1. The highest BCUT2D eigenvalue weighted by Crippen LogP contribution is 2.29. The van der Waals surface area contributed by atoms with Crippen molar-refractivity contribution in [1.29, 1.82) is 0 Å². The summed E-state index contributed by atoms with van der Waals surface area (Å²) >= 11 is 5.49. The average molecular weight is 339 g/mol. The Balaban J connectivity index is 1.56. The van der Waals surface area contributed by atoms with E-state index in [1.807, 2.05) is 12.1 Å². The Hall–Kier alpha value is -1.50. The number of ether oxygens (including phenoxy) is 1. The van der Waals surface area contributed by atoms with Gasteiger partial charge in [-0.2, -0.15) is 0 Å². The molecular formula is C16H23ClN4O2. The molecule has 1 saturated heterocycles. The van der Waals surface area contributed by atoms with Gasteiger partial charge in [0.1, 0.15) is 12.4 Å². The van der Waals surface area contributed by atoms with Crippen molar-refractivity contribution < 1.29 is 9.57 Å². The molecule has 6 nitrogen and oxygen atoms in total. The second kappa shape index (κ2) is 7.86.